The third-order valence-corrected chi connectivity index (χ3v) is 5.46. The summed E-state index contributed by atoms with van der Waals surface area (Å²) in [6, 6.07) is 4.39. The fraction of sp³-hybridized carbons (Fsp3) is 0.550. The molecule has 0 aromatic carbocycles. The highest BCUT2D eigenvalue weighted by Crippen LogP contribution is 2.19. The summed E-state index contributed by atoms with van der Waals surface area (Å²) in [6.07, 6.45) is 7.83. The summed E-state index contributed by atoms with van der Waals surface area (Å²) in [5, 5.41) is 0. The first-order valence-electron chi connectivity index (χ1n) is 9.62. The van der Waals surface area contributed by atoms with E-state index in [-0.39, 0.29) is 5.91 Å². The van der Waals surface area contributed by atoms with Crippen molar-refractivity contribution >= 4 is 11.7 Å². The minimum Gasteiger partial charge on any atom is -0.358 e. The normalized spacial score (nSPS) is 17.3. The Morgan fingerprint density at radius 1 is 1.30 bits per heavy atom. The highest BCUT2D eigenvalue weighted by atomic mass is 16.2. The first kappa shape index (κ1) is 19.4. The van der Waals surface area contributed by atoms with Crippen molar-refractivity contribution in [1.82, 2.24) is 24.3 Å². The van der Waals surface area contributed by atoms with Crippen molar-refractivity contribution in [2.75, 3.05) is 38.6 Å². The van der Waals surface area contributed by atoms with Crippen LogP contribution in [0.25, 0.3) is 0 Å². The molecule has 7 heteroatoms. The highest BCUT2D eigenvalue weighted by Gasteiger charge is 2.23. The lowest BCUT2D eigenvalue weighted by Crippen LogP contribution is -2.37. The zero-order chi connectivity index (χ0) is 19.4. The van der Waals surface area contributed by atoms with E-state index >= 15 is 0 Å². The van der Waals surface area contributed by atoms with Gasteiger partial charge in [-0.25, -0.2) is 9.97 Å². The Morgan fingerprint density at radius 3 is 2.67 bits per heavy atom. The van der Waals surface area contributed by atoms with Crippen molar-refractivity contribution in [2.45, 2.75) is 32.4 Å². The van der Waals surface area contributed by atoms with Crippen LogP contribution in [0.3, 0.4) is 0 Å². The minimum absolute atomic E-state index is 0.0160. The van der Waals surface area contributed by atoms with Crippen LogP contribution in [0.5, 0.6) is 0 Å². The number of nitrogens with zero attached hydrogens (tertiary/aromatic N) is 6. The van der Waals surface area contributed by atoms with Crippen LogP contribution in [0.15, 0.2) is 30.7 Å². The van der Waals surface area contributed by atoms with E-state index in [4.69, 9.17) is 0 Å². The van der Waals surface area contributed by atoms with E-state index in [9.17, 15) is 4.79 Å². The molecule has 3 heterocycles. The number of carbonyl (C=O) groups excluding carboxylic acids is 1. The van der Waals surface area contributed by atoms with E-state index in [2.05, 4.69) is 33.9 Å². The van der Waals surface area contributed by atoms with Crippen LogP contribution in [0.4, 0.5) is 5.82 Å². The van der Waals surface area contributed by atoms with Crippen molar-refractivity contribution in [3.05, 3.63) is 42.1 Å². The summed E-state index contributed by atoms with van der Waals surface area (Å²) < 4.78 is 1.94. The summed E-state index contributed by atoms with van der Waals surface area (Å²) in [5.74, 6) is 1.76. The largest absolute Gasteiger partial charge is 0.358 e. The first-order valence-corrected chi connectivity index (χ1v) is 9.62. The average Bonchev–Trinajstić information content (AvgIpc) is 3.27. The quantitative estimate of drug-likeness (QED) is 0.746. The van der Waals surface area contributed by atoms with Gasteiger partial charge < -0.3 is 19.3 Å². The fourth-order valence-corrected chi connectivity index (χ4v) is 3.59. The third kappa shape index (κ3) is 4.47. The second-order valence-corrected chi connectivity index (χ2v) is 7.34. The number of hydrogen-bond acceptors (Lipinski definition) is 5. The molecule has 2 aromatic heterocycles. The Kier molecular flexibility index (Phi) is 6.11. The Labute approximate surface area is 161 Å². The predicted octanol–water partition coefficient (Wildman–Crippen LogP) is 2.01. The van der Waals surface area contributed by atoms with Gasteiger partial charge in [0.1, 0.15) is 11.6 Å². The van der Waals surface area contributed by atoms with E-state index in [0.717, 1.165) is 18.2 Å². The number of aromatic nitrogens is 3. The van der Waals surface area contributed by atoms with Gasteiger partial charge in [0, 0.05) is 51.8 Å². The number of rotatable bonds is 7. The summed E-state index contributed by atoms with van der Waals surface area (Å²) in [6.45, 7) is 5.23. The van der Waals surface area contributed by atoms with Crippen LogP contribution < -0.4 is 4.90 Å². The van der Waals surface area contributed by atoms with E-state index in [1.54, 1.807) is 17.3 Å². The van der Waals surface area contributed by atoms with Gasteiger partial charge in [0.25, 0.3) is 5.91 Å². The molecule has 0 bridgehead atoms. The molecule has 1 aliphatic rings. The van der Waals surface area contributed by atoms with Crippen LogP contribution in [0.1, 0.15) is 35.9 Å². The molecule has 1 amide bonds. The van der Waals surface area contributed by atoms with Gasteiger partial charge in [-0.2, -0.15) is 0 Å². The number of anilines is 1. The number of pyridine rings is 1. The Bertz CT molecular complexity index is 756. The molecule has 7 nitrogen and oxygen atoms in total. The van der Waals surface area contributed by atoms with Gasteiger partial charge in [-0.1, -0.05) is 0 Å². The minimum atomic E-state index is -0.0160. The number of hydrogen-bond donors (Lipinski definition) is 0. The fourth-order valence-electron chi connectivity index (χ4n) is 3.59. The average molecular weight is 371 g/mol. The van der Waals surface area contributed by atoms with Crippen LogP contribution in [0, 0.1) is 0 Å². The Hall–Kier alpha value is -2.41. The number of likely N-dealkylation sites (tertiary alicyclic amines) is 1. The van der Waals surface area contributed by atoms with Crippen molar-refractivity contribution in [3.63, 3.8) is 0 Å². The van der Waals surface area contributed by atoms with Gasteiger partial charge in [-0.3, -0.25) is 4.79 Å². The van der Waals surface area contributed by atoms with Crippen LogP contribution >= 0.6 is 0 Å². The number of imidazole rings is 1. The summed E-state index contributed by atoms with van der Waals surface area (Å²) in [4.78, 5) is 28.1. The van der Waals surface area contributed by atoms with E-state index in [1.165, 1.54) is 19.4 Å². The molecule has 1 aliphatic heterocycles. The third-order valence-electron chi connectivity index (χ3n) is 5.46. The molecule has 3 rings (SSSR count). The molecule has 0 unspecified atom stereocenters. The zero-order valence-electron chi connectivity index (χ0n) is 16.8. The lowest BCUT2D eigenvalue weighted by atomic mass is 10.2. The molecule has 2 aromatic rings. The van der Waals surface area contributed by atoms with Crippen LogP contribution in [-0.4, -0.2) is 70.0 Å². The highest BCUT2D eigenvalue weighted by molar-refractivity contribution is 5.94. The topological polar surface area (TPSA) is 57.5 Å². The lowest BCUT2D eigenvalue weighted by molar-refractivity contribution is 0.0747. The van der Waals surface area contributed by atoms with Crippen molar-refractivity contribution in [1.29, 1.82) is 0 Å². The molecule has 27 heavy (non-hydrogen) atoms. The standard InChI is InChI=1S/C20H30N6O/c1-5-26(15-19-21-10-12-24(19)3)20(27)16-8-9-18(22-13-16)25(4)14-17-7-6-11-23(17)2/h8-10,12-13,17H,5-7,11,14-15H2,1-4H3/t17-/m0/s1. The predicted molar refractivity (Wildman–Crippen MR) is 107 cm³/mol. The van der Waals surface area contributed by atoms with Crippen molar-refractivity contribution < 1.29 is 4.79 Å². The molecule has 1 saturated heterocycles. The second kappa shape index (κ2) is 8.52. The first-order chi connectivity index (χ1) is 13.0. The monoisotopic (exact) mass is 370 g/mol. The Balaban J connectivity index is 1.64. The SMILES string of the molecule is CCN(Cc1nccn1C)C(=O)c1ccc(N(C)C[C@@H]2CCCN2C)nc1. The van der Waals surface area contributed by atoms with Gasteiger partial charge in [0.05, 0.1) is 12.1 Å². The maximum Gasteiger partial charge on any atom is 0.255 e. The van der Waals surface area contributed by atoms with Gasteiger partial charge >= 0.3 is 0 Å². The summed E-state index contributed by atoms with van der Waals surface area (Å²) in [7, 11) is 6.19. The molecule has 0 spiro atoms. The number of amides is 1. The molecule has 1 fully saturated rings. The number of carbonyl (C=O) groups is 1. The summed E-state index contributed by atoms with van der Waals surface area (Å²) in [5.41, 5.74) is 0.612. The lowest BCUT2D eigenvalue weighted by Gasteiger charge is -2.26. The molecule has 146 valence electrons. The number of aryl methyl sites for hydroxylation is 1. The maximum absolute atomic E-state index is 12.8. The molecule has 0 saturated carbocycles. The molecular weight excluding hydrogens is 340 g/mol. The van der Waals surface area contributed by atoms with Crippen LogP contribution in [0.2, 0.25) is 0 Å². The maximum atomic E-state index is 12.8. The molecule has 0 aliphatic carbocycles. The van der Waals surface area contributed by atoms with E-state index in [1.807, 2.05) is 36.9 Å². The molecule has 0 radical (unpaired) electrons. The second-order valence-electron chi connectivity index (χ2n) is 7.34. The molecule has 1 atom stereocenters. The summed E-state index contributed by atoms with van der Waals surface area (Å²) >= 11 is 0. The van der Waals surface area contributed by atoms with Crippen LogP contribution in [-0.2, 0) is 13.6 Å². The van der Waals surface area contributed by atoms with E-state index in [0.29, 0.717) is 24.7 Å². The van der Waals surface area contributed by atoms with E-state index < -0.39 is 0 Å². The molecular formula is C20H30N6O. The van der Waals surface area contributed by atoms with Crippen molar-refractivity contribution in [3.8, 4) is 0 Å². The number of likely N-dealkylation sites (N-methyl/N-ethyl adjacent to an activating group) is 2. The van der Waals surface area contributed by atoms with Gasteiger partial charge in [0.2, 0.25) is 0 Å². The van der Waals surface area contributed by atoms with Crippen molar-refractivity contribution in [2.24, 2.45) is 7.05 Å². The Morgan fingerprint density at radius 2 is 2.11 bits per heavy atom. The van der Waals surface area contributed by atoms with Gasteiger partial charge in [0.15, 0.2) is 0 Å². The van der Waals surface area contributed by atoms with Gasteiger partial charge in [-0.15, -0.1) is 0 Å². The smallest absolute Gasteiger partial charge is 0.255 e. The molecule has 0 N–H and O–H groups in total. The van der Waals surface area contributed by atoms with Gasteiger partial charge in [-0.05, 0) is 45.5 Å². The zero-order valence-corrected chi connectivity index (χ0v) is 16.8.